The Morgan fingerprint density at radius 1 is 1.00 bits per heavy atom. The lowest BCUT2D eigenvalue weighted by Crippen LogP contribution is -2.22. The molecule has 0 aromatic heterocycles. The van der Waals surface area contributed by atoms with Gasteiger partial charge in [-0.2, -0.15) is 0 Å². The molecule has 0 aliphatic heterocycles. The van der Waals surface area contributed by atoms with Crippen molar-refractivity contribution in [3.05, 3.63) is 48.1 Å². The third-order valence-electron chi connectivity index (χ3n) is 3.59. The van der Waals surface area contributed by atoms with E-state index in [4.69, 9.17) is 14.6 Å². The summed E-state index contributed by atoms with van der Waals surface area (Å²) in [5.41, 5.74) is 0.889. The van der Waals surface area contributed by atoms with Crippen molar-refractivity contribution in [2.24, 2.45) is 0 Å². The van der Waals surface area contributed by atoms with Gasteiger partial charge in [-0.3, -0.25) is 4.79 Å². The molecule has 0 unspecified atom stereocenters. The molecule has 7 heteroatoms. The van der Waals surface area contributed by atoms with Crippen LogP contribution in [0, 0.1) is 0 Å². The number of carbonyl (C=O) groups excluding carboxylic acids is 2. The predicted molar refractivity (Wildman–Crippen MR) is 106 cm³/mol. The van der Waals surface area contributed by atoms with Gasteiger partial charge in [-0.1, -0.05) is 25.0 Å². The first-order valence-corrected chi connectivity index (χ1v) is 9.27. The number of nitrogens with one attached hydrogen (secondary N) is 1. The second kappa shape index (κ2) is 14.0. The molecule has 2 N–H and O–H groups in total. The number of ether oxygens (including phenoxy) is 2. The number of carboxylic acid groups (broad SMARTS) is 1. The van der Waals surface area contributed by atoms with Gasteiger partial charge in [-0.15, -0.1) is 0 Å². The average Bonchev–Trinajstić information content (AvgIpc) is 2.68. The topological polar surface area (TPSA) is 102 Å². The molecule has 1 aromatic rings. The molecule has 0 heterocycles. The summed E-state index contributed by atoms with van der Waals surface area (Å²) in [5, 5.41) is 11.0. The van der Waals surface area contributed by atoms with Crippen LogP contribution in [0.15, 0.2) is 42.5 Å². The molecule has 0 fully saturated rings. The maximum atomic E-state index is 11.3. The summed E-state index contributed by atoms with van der Waals surface area (Å²) in [7, 11) is 0. The summed E-state index contributed by atoms with van der Waals surface area (Å²) in [6.45, 7) is 3.24. The van der Waals surface area contributed by atoms with E-state index >= 15 is 0 Å². The molecular formula is C21H27NO6. The summed E-state index contributed by atoms with van der Waals surface area (Å²) < 4.78 is 10.5. The summed E-state index contributed by atoms with van der Waals surface area (Å²) in [6.07, 6.45) is 8.56. The zero-order chi connectivity index (χ0) is 20.6. The quantitative estimate of drug-likeness (QED) is 0.305. The van der Waals surface area contributed by atoms with E-state index in [0.717, 1.165) is 49.1 Å². The molecular weight excluding hydrogens is 362 g/mol. The van der Waals surface area contributed by atoms with E-state index in [1.54, 1.807) is 13.0 Å². The van der Waals surface area contributed by atoms with E-state index in [1.807, 2.05) is 24.3 Å². The van der Waals surface area contributed by atoms with Crippen LogP contribution in [-0.4, -0.2) is 42.7 Å². The zero-order valence-corrected chi connectivity index (χ0v) is 16.1. The van der Waals surface area contributed by atoms with Crippen LogP contribution < -0.4 is 10.1 Å². The minimum atomic E-state index is -1.14. The highest BCUT2D eigenvalue weighted by Gasteiger charge is 1.98. The van der Waals surface area contributed by atoms with E-state index in [2.05, 4.69) is 5.32 Å². The fourth-order valence-corrected chi connectivity index (χ4v) is 2.22. The van der Waals surface area contributed by atoms with Gasteiger partial charge in [0.2, 0.25) is 5.91 Å². The molecule has 28 heavy (non-hydrogen) atoms. The number of amides is 1. The monoisotopic (exact) mass is 389 g/mol. The van der Waals surface area contributed by atoms with Crippen molar-refractivity contribution in [1.29, 1.82) is 0 Å². The fourth-order valence-electron chi connectivity index (χ4n) is 2.22. The molecule has 1 aromatic carbocycles. The molecule has 7 nitrogen and oxygen atoms in total. The molecule has 0 atom stereocenters. The molecule has 0 aliphatic carbocycles. The van der Waals surface area contributed by atoms with Gasteiger partial charge in [0.15, 0.2) is 0 Å². The third kappa shape index (κ3) is 11.5. The standard InChI is InChI=1S/C21H27NO6/c1-2-27-21(26)14-9-17-7-10-18(11-8-17)28-16-6-4-3-5-15-22-19(23)12-13-20(24)25/h7-14H,2-6,15-16H2,1H3,(H,22,23)(H,24,25)/b13-12-,14-9-. The zero-order valence-electron chi connectivity index (χ0n) is 16.1. The lowest BCUT2D eigenvalue weighted by molar-refractivity contribution is -0.137. The fraction of sp³-hybridized carbons (Fsp3) is 0.381. The predicted octanol–water partition coefficient (Wildman–Crippen LogP) is 2.96. The van der Waals surface area contributed by atoms with Crippen molar-refractivity contribution in [2.75, 3.05) is 19.8 Å². The van der Waals surface area contributed by atoms with Crippen molar-refractivity contribution in [2.45, 2.75) is 32.6 Å². The second-order valence-electron chi connectivity index (χ2n) is 5.88. The number of unbranched alkanes of at least 4 members (excludes halogenated alkanes) is 3. The minimum Gasteiger partial charge on any atom is -0.494 e. The highest BCUT2D eigenvalue weighted by Crippen LogP contribution is 2.14. The van der Waals surface area contributed by atoms with Crippen LogP contribution in [0.4, 0.5) is 0 Å². The Hall–Kier alpha value is -3.09. The molecule has 0 spiro atoms. The van der Waals surface area contributed by atoms with Gasteiger partial charge in [0.25, 0.3) is 0 Å². The van der Waals surface area contributed by atoms with Gasteiger partial charge < -0.3 is 19.9 Å². The van der Waals surface area contributed by atoms with Gasteiger partial charge in [0, 0.05) is 24.8 Å². The Morgan fingerprint density at radius 3 is 2.39 bits per heavy atom. The summed E-state index contributed by atoms with van der Waals surface area (Å²) >= 11 is 0. The van der Waals surface area contributed by atoms with Crippen LogP contribution in [-0.2, 0) is 19.1 Å². The molecule has 152 valence electrons. The lowest BCUT2D eigenvalue weighted by Gasteiger charge is -2.07. The molecule has 0 saturated heterocycles. The van der Waals surface area contributed by atoms with E-state index in [0.29, 0.717) is 19.8 Å². The normalized spacial score (nSPS) is 10.9. The maximum absolute atomic E-state index is 11.3. The van der Waals surface area contributed by atoms with Crippen LogP contribution in [0.25, 0.3) is 6.08 Å². The van der Waals surface area contributed by atoms with Crippen molar-refractivity contribution in [3.63, 3.8) is 0 Å². The second-order valence-corrected chi connectivity index (χ2v) is 5.88. The van der Waals surface area contributed by atoms with E-state index in [-0.39, 0.29) is 5.97 Å². The van der Waals surface area contributed by atoms with E-state index < -0.39 is 11.9 Å². The van der Waals surface area contributed by atoms with Crippen LogP contribution in [0.1, 0.15) is 38.2 Å². The van der Waals surface area contributed by atoms with Crippen molar-refractivity contribution in [3.8, 4) is 5.75 Å². The van der Waals surface area contributed by atoms with Crippen LogP contribution in [0.3, 0.4) is 0 Å². The number of benzene rings is 1. The Kier molecular flexibility index (Phi) is 11.5. The number of aliphatic carboxylic acids is 1. The largest absolute Gasteiger partial charge is 0.494 e. The first-order valence-electron chi connectivity index (χ1n) is 9.27. The van der Waals surface area contributed by atoms with Crippen molar-refractivity contribution < 1.29 is 29.0 Å². The molecule has 0 saturated carbocycles. The number of hydrogen-bond donors (Lipinski definition) is 2. The van der Waals surface area contributed by atoms with Crippen LogP contribution in [0.5, 0.6) is 5.75 Å². The summed E-state index contributed by atoms with van der Waals surface area (Å²) in [6, 6.07) is 7.44. The van der Waals surface area contributed by atoms with Gasteiger partial charge in [0.05, 0.1) is 13.2 Å². The number of carboxylic acids is 1. The average molecular weight is 389 g/mol. The number of esters is 1. The van der Waals surface area contributed by atoms with Gasteiger partial charge in [-0.25, -0.2) is 9.59 Å². The van der Waals surface area contributed by atoms with Gasteiger partial charge in [0.1, 0.15) is 5.75 Å². The Bertz CT molecular complexity index is 679. The maximum Gasteiger partial charge on any atom is 0.330 e. The molecule has 0 radical (unpaired) electrons. The summed E-state index contributed by atoms with van der Waals surface area (Å²) in [4.78, 5) is 32.8. The highest BCUT2D eigenvalue weighted by molar-refractivity contribution is 5.93. The number of carbonyl (C=O) groups is 3. The Morgan fingerprint density at radius 2 is 1.71 bits per heavy atom. The molecule has 0 aliphatic rings. The van der Waals surface area contributed by atoms with E-state index in [9.17, 15) is 14.4 Å². The number of rotatable bonds is 13. The highest BCUT2D eigenvalue weighted by atomic mass is 16.5. The molecule has 0 bridgehead atoms. The van der Waals surface area contributed by atoms with Gasteiger partial charge >= 0.3 is 11.9 Å². The van der Waals surface area contributed by atoms with Crippen molar-refractivity contribution >= 4 is 23.9 Å². The lowest BCUT2D eigenvalue weighted by atomic mass is 10.2. The molecule has 1 rings (SSSR count). The smallest absolute Gasteiger partial charge is 0.330 e. The first-order chi connectivity index (χ1) is 13.5. The molecule has 1 amide bonds. The number of hydrogen-bond acceptors (Lipinski definition) is 5. The van der Waals surface area contributed by atoms with Gasteiger partial charge in [-0.05, 0) is 43.5 Å². The first kappa shape index (κ1) is 23.0. The SMILES string of the molecule is CCOC(=O)/C=C\c1ccc(OCCCCCCNC(=O)/C=C\C(=O)O)cc1. The Balaban J connectivity index is 2.11. The van der Waals surface area contributed by atoms with Crippen LogP contribution >= 0.6 is 0 Å². The minimum absolute atomic E-state index is 0.356. The third-order valence-corrected chi connectivity index (χ3v) is 3.59. The van der Waals surface area contributed by atoms with Crippen molar-refractivity contribution in [1.82, 2.24) is 5.32 Å². The van der Waals surface area contributed by atoms with Crippen LogP contribution in [0.2, 0.25) is 0 Å². The Labute approximate surface area is 165 Å². The summed E-state index contributed by atoms with van der Waals surface area (Å²) in [5.74, 6) is -1.13. The van der Waals surface area contributed by atoms with E-state index in [1.165, 1.54) is 6.08 Å².